The van der Waals surface area contributed by atoms with Crippen molar-refractivity contribution in [1.29, 1.82) is 0 Å². The number of hydrogen-bond acceptors (Lipinski definition) is 3. The van der Waals surface area contributed by atoms with Crippen LogP contribution in [0.2, 0.25) is 0 Å². The summed E-state index contributed by atoms with van der Waals surface area (Å²) >= 11 is 0. The average molecular weight is 281 g/mol. The number of unbranched alkanes of at least 4 members (excludes halogenated alkanes) is 1. The van der Waals surface area contributed by atoms with E-state index in [9.17, 15) is 9.59 Å². The molecular weight excluding hydrogens is 258 g/mol. The minimum absolute atomic E-state index is 0.00692. The summed E-state index contributed by atoms with van der Waals surface area (Å²) < 4.78 is 1.97. The van der Waals surface area contributed by atoms with Crippen LogP contribution in [0.3, 0.4) is 0 Å². The van der Waals surface area contributed by atoms with Gasteiger partial charge in [-0.2, -0.15) is 0 Å². The molecule has 1 atom stereocenters. The van der Waals surface area contributed by atoms with Gasteiger partial charge in [0.25, 0.3) is 0 Å². The van der Waals surface area contributed by atoms with Gasteiger partial charge in [0.2, 0.25) is 5.91 Å². The molecule has 6 nitrogen and oxygen atoms in total. The topological polar surface area (TPSA) is 84.2 Å². The van der Waals surface area contributed by atoms with Gasteiger partial charge in [0.15, 0.2) is 0 Å². The molecular formula is C14H23N3O3. The number of amides is 1. The predicted molar refractivity (Wildman–Crippen MR) is 75.3 cm³/mol. The van der Waals surface area contributed by atoms with Gasteiger partial charge in [-0.15, -0.1) is 0 Å². The predicted octanol–water partition coefficient (Wildman–Crippen LogP) is 1.99. The molecule has 0 saturated heterocycles. The Morgan fingerprint density at radius 2 is 2.20 bits per heavy atom. The maximum absolute atomic E-state index is 11.9. The van der Waals surface area contributed by atoms with Crippen LogP contribution in [0, 0.1) is 0 Å². The Morgan fingerprint density at radius 3 is 2.80 bits per heavy atom. The lowest BCUT2D eigenvalue weighted by atomic mass is 10.1. The Balaban J connectivity index is 2.26. The summed E-state index contributed by atoms with van der Waals surface area (Å²) in [4.78, 5) is 26.2. The van der Waals surface area contributed by atoms with Crippen LogP contribution in [-0.2, 0) is 9.59 Å². The first-order valence-electron chi connectivity index (χ1n) is 7.09. The van der Waals surface area contributed by atoms with Crippen molar-refractivity contribution < 1.29 is 14.7 Å². The van der Waals surface area contributed by atoms with E-state index in [-0.39, 0.29) is 18.4 Å². The number of rotatable bonds is 10. The number of aromatic nitrogens is 2. The van der Waals surface area contributed by atoms with Gasteiger partial charge in [0.05, 0.1) is 6.33 Å². The minimum atomic E-state index is -0.792. The van der Waals surface area contributed by atoms with Gasteiger partial charge in [-0.05, 0) is 19.3 Å². The fourth-order valence-corrected chi connectivity index (χ4v) is 2.09. The minimum Gasteiger partial charge on any atom is -0.481 e. The summed E-state index contributed by atoms with van der Waals surface area (Å²) in [5, 5.41) is 11.4. The quantitative estimate of drug-likeness (QED) is 0.642. The molecule has 0 saturated carbocycles. The van der Waals surface area contributed by atoms with E-state index in [0.29, 0.717) is 25.8 Å². The van der Waals surface area contributed by atoms with Crippen molar-refractivity contribution in [2.24, 2.45) is 0 Å². The molecule has 1 rings (SSSR count). The van der Waals surface area contributed by atoms with Crippen molar-refractivity contribution in [3.8, 4) is 0 Å². The lowest BCUT2D eigenvalue weighted by Crippen LogP contribution is -2.27. The van der Waals surface area contributed by atoms with Crippen LogP contribution >= 0.6 is 0 Å². The average Bonchev–Trinajstić information content (AvgIpc) is 2.91. The lowest BCUT2D eigenvalue weighted by Gasteiger charge is -2.17. The number of hydrogen-bond donors (Lipinski definition) is 2. The monoisotopic (exact) mass is 281 g/mol. The van der Waals surface area contributed by atoms with Crippen LogP contribution in [-0.4, -0.2) is 33.1 Å². The molecule has 1 heterocycles. The number of carbonyl (C=O) groups excluding carboxylic acids is 1. The molecule has 0 fully saturated rings. The van der Waals surface area contributed by atoms with Gasteiger partial charge in [0, 0.05) is 37.8 Å². The van der Waals surface area contributed by atoms with Crippen molar-refractivity contribution in [1.82, 2.24) is 14.9 Å². The molecule has 1 unspecified atom stereocenters. The van der Waals surface area contributed by atoms with E-state index in [1.807, 2.05) is 10.8 Å². The van der Waals surface area contributed by atoms with Gasteiger partial charge in [-0.1, -0.05) is 13.3 Å². The van der Waals surface area contributed by atoms with Crippen molar-refractivity contribution >= 4 is 11.9 Å². The molecule has 0 aliphatic heterocycles. The standard InChI is InChI=1S/C14H23N3O3/c1-2-5-12(17-9-8-15-11-17)10-13(18)16-7-4-3-6-14(19)20/h8-9,11-12H,2-7,10H2,1H3,(H,16,18)(H,19,20). The fraction of sp³-hybridized carbons (Fsp3) is 0.643. The highest BCUT2D eigenvalue weighted by atomic mass is 16.4. The third-order valence-electron chi connectivity index (χ3n) is 3.13. The van der Waals surface area contributed by atoms with Crippen molar-refractivity contribution in [2.75, 3.05) is 6.54 Å². The van der Waals surface area contributed by atoms with Crippen molar-refractivity contribution in [2.45, 2.75) is 51.5 Å². The molecule has 0 spiro atoms. The number of aliphatic carboxylic acids is 1. The highest BCUT2D eigenvalue weighted by molar-refractivity contribution is 5.76. The first-order chi connectivity index (χ1) is 9.63. The second-order valence-corrected chi connectivity index (χ2v) is 4.86. The Kier molecular flexibility index (Phi) is 7.39. The highest BCUT2D eigenvalue weighted by Crippen LogP contribution is 2.17. The summed E-state index contributed by atoms with van der Waals surface area (Å²) in [6, 6.07) is 0.140. The van der Waals surface area contributed by atoms with Gasteiger partial charge in [-0.25, -0.2) is 4.98 Å². The summed E-state index contributed by atoms with van der Waals surface area (Å²) in [6.07, 6.45) is 9.15. The third-order valence-corrected chi connectivity index (χ3v) is 3.13. The van der Waals surface area contributed by atoms with Crippen LogP contribution in [0.4, 0.5) is 0 Å². The van der Waals surface area contributed by atoms with E-state index in [0.717, 1.165) is 12.8 Å². The lowest BCUT2D eigenvalue weighted by molar-refractivity contribution is -0.137. The SMILES string of the molecule is CCCC(CC(=O)NCCCCC(=O)O)n1ccnc1. The Morgan fingerprint density at radius 1 is 1.40 bits per heavy atom. The molecule has 0 aliphatic carbocycles. The molecule has 1 amide bonds. The van der Waals surface area contributed by atoms with Crippen molar-refractivity contribution in [3.05, 3.63) is 18.7 Å². The Bertz CT molecular complexity index is 404. The van der Waals surface area contributed by atoms with Gasteiger partial charge >= 0.3 is 5.97 Å². The van der Waals surface area contributed by atoms with Crippen LogP contribution in [0.1, 0.15) is 51.5 Å². The fourth-order valence-electron chi connectivity index (χ4n) is 2.09. The van der Waals surface area contributed by atoms with Gasteiger partial charge in [0.1, 0.15) is 0 Å². The summed E-state index contributed by atoms with van der Waals surface area (Å²) in [5.41, 5.74) is 0. The van der Waals surface area contributed by atoms with Crippen LogP contribution in [0.15, 0.2) is 18.7 Å². The highest BCUT2D eigenvalue weighted by Gasteiger charge is 2.14. The van der Waals surface area contributed by atoms with Crippen LogP contribution in [0.25, 0.3) is 0 Å². The molecule has 2 N–H and O–H groups in total. The summed E-state index contributed by atoms with van der Waals surface area (Å²) in [5.74, 6) is -0.785. The number of carboxylic acids is 1. The second-order valence-electron chi connectivity index (χ2n) is 4.86. The maximum Gasteiger partial charge on any atom is 0.303 e. The van der Waals surface area contributed by atoms with Crippen LogP contribution in [0.5, 0.6) is 0 Å². The largest absolute Gasteiger partial charge is 0.481 e. The number of nitrogens with one attached hydrogen (secondary N) is 1. The second kappa shape index (κ2) is 9.12. The zero-order valence-corrected chi connectivity index (χ0v) is 11.9. The van der Waals surface area contributed by atoms with E-state index >= 15 is 0 Å². The summed E-state index contributed by atoms with van der Waals surface area (Å²) in [7, 11) is 0. The smallest absolute Gasteiger partial charge is 0.303 e. The van der Waals surface area contributed by atoms with E-state index in [1.54, 1.807) is 12.5 Å². The van der Waals surface area contributed by atoms with Gasteiger partial charge < -0.3 is 15.0 Å². The van der Waals surface area contributed by atoms with E-state index in [4.69, 9.17) is 5.11 Å². The zero-order valence-electron chi connectivity index (χ0n) is 11.9. The first-order valence-corrected chi connectivity index (χ1v) is 7.09. The zero-order chi connectivity index (χ0) is 14.8. The molecule has 0 aliphatic rings. The molecule has 6 heteroatoms. The third kappa shape index (κ3) is 6.36. The van der Waals surface area contributed by atoms with Gasteiger partial charge in [-0.3, -0.25) is 9.59 Å². The molecule has 0 radical (unpaired) electrons. The Hall–Kier alpha value is -1.85. The number of carbonyl (C=O) groups is 2. The van der Waals surface area contributed by atoms with E-state index in [2.05, 4.69) is 17.2 Å². The van der Waals surface area contributed by atoms with E-state index in [1.165, 1.54) is 0 Å². The summed E-state index contributed by atoms with van der Waals surface area (Å²) in [6.45, 7) is 2.63. The molecule has 1 aromatic heterocycles. The number of nitrogens with zero attached hydrogens (tertiary/aromatic N) is 2. The number of carboxylic acid groups (broad SMARTS) is 1. The van der Waals surface area contributed by atoms with Crippen LogP contribution < -0.4 is 5.32 Å². The molecule has 1 aromatic rings. The molecule has 0 aromatic carbocycles. The molecule has 20 heavy (non-hydrogen) atoms. The normalized spacial score (nSPS) is 12.1. The molecule has 112 valence electrons. The first kappa shape index (κ1) is 16.2. The van der Waals surface area contributed by atoms with E-state index < -0.39 is 5.97 Å². The Labute approximate surface area is 119 Å². The number of imidazole rings is 1. The molecule has 0 bridgehead atoms. The maximum atomic E-state index is 11.9. The van der Waals surface area contributed by atoms with Crippen molar-refractivity contribution in [3.63, 3.8) is 0 Å².